The standard InChI is InChI=1S/C16H20F2N4O3S/c1-16(17,18)13-5-3-4-12(10-13)14-20-15(25-21-14)11-6-8-22(9-7-11)26(23,24)19-2/h3-5,10-11,19H,6-9H2,1-2H3. The maximum absolute atomic E-state index is 13.5. The second kappa shape index (κ2) is 7.01. The molecule has 0 radical (unpaired) electrons. The Bertz CT molecular complexity index is 872. The van der Waals surface area contributed by atoms with Crippen molar-refractivity contribution in [3.8, 4) is 11.4 Å². The Kier molecular flexibility index (Phi) is 5.09. The van der Waals surface area contributed by atoms with Crippen molar-refractivity contribution < 1.29 is 21.7 Å². The van der Waals surface area contributed by atoms with Gasteiger partial charge in [-0.15, -0.1) is 0 Å². The van der Waals surface area contributed by atoms with Crippen molar-refractivity contribution in [3.63, 3.8) is 0 Å². The zero-order valence-corrected chi connectivity index (χ0v) is 15.3. The van der Waals surface area contributed by atoms with Crippen molar-refractivity contribution in [2.75, 3.05) is 20.1 Å². The van der Waals surface area contributed by atoms with E-state index in [9.17, 15) is 17.2 Å². The monoisotopic (exact) mass is 386 g/mol. The summed E-state index contributed by atoms with van der Waals surface area (Å²) in [4.78, 5) is 4.33. The van der Waals surface area contributed by atoms with E-state index >= 15 is 0 Å². The van der Waals surface area contributed by atoms with E-state index in [0.717, 1.165) is 6.92 Å². The van der Waals surface area contributed by atoms with Gasteiger partial charge in [-0.2, -0.15) is 17.7 Å². The van der Waals surface area contributed by atoms with Gasteiger partial charge in [0.1, 0.15) is 0 Å². The Morgan fingerprint density at radius 1 is 1.31 bits per heavy atom. The van der Waals surface area contributed by atoms with Crippen LogP contribution in [0.25, 0.3) is 11.4 Å². The van der Waals surface area contributed by atoms with Crippen molar-refractivity contribution in [2.24, 2.45) is 0 Å². The molecule has 1 aliphatic rings. The Morgan fingerprint density at radius 2 is 2.00 bits per heavy atom. The zero-order chi connectivity index (χ0) is 18.9. The predicted octanol–water partition coefficient (Wildman–Crippen LogP) is 2.49. The van der Waals surface area contributed by atoms with Crippen molar-refractivity contribution in [3.05, 3.63) is 35.7 Å². The summed E-state index contributed by atoms with van der Waals surface area (Å²) in [5.74, 6) is -2.37. The number of aromatic nitrogens is 2. The molecule has 0 aliphatic carbocycles. The molecule has 1 aromatic carbocycles. The minimum absolute atomic E-state index is 0.0599. The van der Waals surface area contributed by atoms with E-state index in [1.54, 1.807) is 6.07 Å². The van der Waals surface area contributed by atoms with Gasteiger partial charge in [-0.1, -0.05) is 23.4 Å². The van der Waals surface area contributed by atoms with Crippen LogP contribution in [0.15, 0.2) is 28.8 Å². The highest BCUT2D eigenvalue weighted by molar-refractivity contribution is 7.87. The maximum Gasteiger partial charge on any atom is 0.279 e. The van der Waals surface area contributed by atoms with Crippen molar-refractivity contribution in [2.45, 2.75) is 31.6 Å². The van der Waals surface area contributed by atoms with E-state index in [-0.39, 0.29) is 17.3 Å². The summed E-state index contributed by atoms with van der Waals surface area (Å²) in [5, 5.41) is 3.89. The molecule has 26 heavy (non-hydrogen) atoms. The van der Waals surface area contributed by atoms with Gasteiger partial charge in [0, 0.05) is 44.1 Å². The molecule has 3 rings (SSSR count). The van der Waals surface area contributed by atoms with Gasteiger partial charge in [0.05, 0.1) is 0 Å². The third kappa shape index (κ3) is 3.92. The first kappa shape index (κ1) is 18.9. The van der Waals surface area contributed by atoms with E-state index in [1.165, 1.54) is 29.6 Å². The molecule has 1 aliphatic heterocycles. The van der Waals surface area contributed by atoms with E-state index in [0.29, 0.717) is 37.4 Å². The molecule has 0 amide bonds. The summed E-state index contributed by atoms with van der Waals surface area (Å²) < 4.78 is 59.5. The van der Waals surface area contributed by atoms with Crippen LogP contribution in [0.1, 0.15) is 37.1 Å². The quantitative estimate of drug-likeness (QED) is 0.853. The van der Waals surface area contributed by atoms with Crippen LogP contribution >= 0.6 is 0 Å². The molecular weight excluding hydrogens is 366 g/mol. The lowest BCUT2D eigenvalue weighted by molar-refractivity contribution is 0.0175. The van der Waals surface area contributed by atoms with Crippen LogP contribution in [0.5, 0.6) is 0 Å². The number of rotatable bonds is 5. The van der Waals surface area contributed by atoms with Gasteiger partial charge >= 0.3 is 0 Å². The van der Waals surface area contributed by atoms with Gasteiger partial charge in [-0.05, 0) is 18.9 Å². The summed E-state index contributed by atoms with van der Waals surface area (Å²) >= 11 is 0. The normalized spacial score (nSPS) is 17.5. The third-order valence-corrected chi connectivity index (χ3v) is 6.03. The number of alkyl halides is 2. The van der Waals surface area contributed by atoms with E-state index in [2.05, 4.69) is 14.9 Å². The number of hydrogen-bond donors (Lipinski definition) is 1. The fourth-order valence-electron chi connectivity index (χ4n) is 2.92. The first-order valence-corrected chi connectivity index (χ1v) is 9.65. The summed E-state index contributed by atoms with van der Waals surface area (Å²) in [6.07, 6.45) is 1.10. The van der Waals surface area contributed by atoms with Crippen LogP contribution in [0.2, 0.25) is 0 Å². The van der Waals surface area contributed by atoms with Crippen LogP contribution < -0.4 is 4.72 Å². The molecule has 0 spiro atoms. The Balaban J connectivity index is 1.74. The number of piperidine rings is 1. The van der Waals surface area contributed by atoms with Gasteiger partial charge in [-0.25, -0.2) is 13.5 Å². The van der Waals surface area contributed by atoms with Gasteiger partial charge in [-0.3, -0.25) is 0 Å². The molecule has 2 aromatic rings. The molecule has 1 N–H and O–H groups in total. The van der Waals surface area contributed by atoms with Crippen LogP contribution in [0, 0.1) is 0 Å². The summed E-state index contributed by atoms with van der Waals surface area (Å²) in [7, 11) is -2.06. The smallest absolute Gasteiger partial charge is 0.279 e. The SMILES string of the molecule is CNS(=O)(=O)N1CCC(c2nc(-c3cccc(C(C)(F)F)c3)no2)CC1. The summed E-state index contributed by atoms with van der Waals surface area (Å²) in [6.45, 7) is 1.53. The minimum Gasteiger partial charge on any atom is -0.339 e. The van der Waals surface area contributed by atoms with Gasteiger partial charge in [0.25, 0.3) is 16.1 Å². The van der Waals surface area contributed by atoms with E-state index in [4.69, 9.17) is 4.52 Å². The molecule has 0 atom stereocenters. The first-order valence-electron chi connectivity index (χ1n) is 8.21. The molecule has 1 saturated heterocycles. The van der Waals surface area contributed by atoms with Crippen molar-refractivity contribution in [1.29, 1.82) is 0 Å². The number of nitrogens with zero attached hydrogens (tertiary/aromatic N) is 3. The number of benzene rings is 1. The average molecular weight is 386 g/mol. The van der Waals surface area contributed by atoms with Crippen LogP contribution in [0.3, 0.4) is 0 Å². The van der Waals surface area contributed by atoms with Crippen LogP contribution in [-0.4, -0.2) is 43.0 Å². The largest absolute Gasteiger partial charge is 0.339 e. The summed E-state index contributed by atoms with van der Waals surface area (Å²) in [6, 6.07) is 5.87. The Hall–Kier alpha value is -1.91. The highest BCUT2D eigenvalue weighted by Crippen LogP contribution is 2.32. The maximum atomic E-state index is 13.5. The fraction of sp³-hybridized carbons (Fsp3) is 0.500. The minimum atomic E-state index is -3.44. The summed E-state index contributed by atoms with van der Waals surface area (Å²) in [5.41, 5.74) is 0.334. The molecule has 10 heteroatoms. The second-order valence-corrected chi connectivity index (χ2v) is 8.18. The zero-order valence-electron chi connectivity index (χ0n) is 14.4. The molecule has 7 nitrogen and oxygen atoms in total. The molecule has 0 unspecified atom stereocenters. The second-order valence-electron chi connectivity index (χ2n) is 6.31. The van der Waals surface area contributed by atoms with Crippen molar-refractivity contribution in [1.82, 2.24) is 19.2 Å². The molecule has 1 aromatic heterocycles. The lowest BCUT2D eigenvalue weighted by Crippen LogP contribution is -2.43. The topological polar surface area (TPSA) is 88.3 Å². The first-order chi connectivity index (χ1) is 12.2. The van der Waals surface area contributed by atoms with E-state index in [1.807, 2.05) is 0 Å². The molecule has 1 fully saturated rings. The predicted molar refractivity (Wildman–Crippen MR) is 90.8 cm³/mol. The molecule has 0 bridgehead atoms. The number of hydrogen-bond acceptors (Lipinski definition) is 5. The molecule has 2 heterocycles. The fourth-order valence-corrected chi connectivity index (χ4v) is 3.87. The van der Waals surface area contributed by atoms with E-state index < -0.39 is 16.1 Å². The third-order valence-electron chi connectivity index (χ3n) is 4.47. The molecule has 0 saturated carbocycles. The lowest BCUT2D eigenvalue weighted by atomic mass is 9.98. The number of halogens is 2. The highest BCUT2D eigenvalue weighted by atomic mass is 32.2. The van der Waals surface area contributed by atoms with Gasteiger partial charge in [0.15, 0.2) is 0 Å². The Labute approximate surface area is 150 Å². The average Bonchev–Trinajstić information content (AvgIpc) is 3.11. The van der Waals surface area contributed by atoms with Gasteiger partial charge in [0.2, 0.25) is 11.7 Å². The molecular formula is C16H20F2N4O3S. The van der Waals surface area contributed by atoms with Crippen LogP contribution in [0.4, 0.5) is 8.78 Å². The lowest BCUT2D eigenvalue weighted by Gasteiger charge is -2.28. The van der Waals surface area contributed by atoms with Gasteiger partial charge < -0.3 is 4.52 Å². The molecule has 142 valence electrons. The van der Waals surface area contributed by atoms with Crippen LogP contribution in [-0.2, 0) is 16.1 Å². The van der Waals surface area contributed by atoms with Crippen molar-refractivity contribution >= 4 is 10.2 Å². The number of nitrogens with one attached hydrogen (secondary N) is 1. The Morgan fingerprint density at radius 3 is 2.62 bits per heavy atom. The highest BCUT2D eigenvalue weighted by Gasteiger charge is 2.31.